The molecule has 0 spiro atoms. The first-order chi connectivity index (χ1) is 8.61. The van der Waals surface area contributed by atoms with Crippen LogP contribution in [-0.2, 0) is 9.53 Å². The fraction of sp³-hybridized carbons (Fsp3) is 0.500. The zero-order valence-electron chi connectivity index (χ0n) is 10.8. The molecule has 3 nitrogen and oxygen atoms in total. The molecular formula is C14H18ClNO2. The van der Waals surface area contributed by atoms with Gasteiger partial charge < -0.3 is 9.64 Å². The summed E-state index contributed by atoms with van der Waals surface area (Å²) >= 11 is 5.96. The molecule has 0 bridgehead atoms. The fourth-order valence-electron chi connectivity index (χ4n) is 2.53. The number of anilines is 1. The van der Waals surface area contributed by atoms with Gasteiger partial charge >= 0.3 is 5.97 Å². The second kappa shape index (κ2) is 5.61. The van der Waals surface area contributed by atoms with E-state index < -0.39 is 0 Å². The van der Waals surface area contributed by atoms with Gasteiger partial charge in [0.2, 0.25) is 0 Å². The number of halogens is 1. The summed E-state index contributed by atoms with van der Waals surface area (Å²) in [6.07, 6.45) is 1.93. The van der Waals surface area contributed by atoms with Gasteiger partial charge in [-0.15, -0.1) is 0 Å². The summed E-state index contributed by atoms with van der Waals surface area (Å²) in [5.74, 6) is -0.120. The lowest BCUT2D eigenvalue weighted by molar-refractivity contribution is -0.145. The lowest BCUT2D eigenvalue weighted by atomic mass is 9.97. The SMILES string of the molecule is COC(=O)C1CCCN(c2ccc(Cl)cc2C)C1. The molecule has 4 heteroatoms. The van der Waals surface area contributed by atoms with E-state index in [0.29, 0.717) is 0 Å². The molecule has 1 atom stereocenters. The molecule has 1 fully saturated rings. The van der Waals surface area contributed by atoms with Gasteiger partial charge in [-0.2, -0.15) is 0 Å². The molecule has 1 aliphatic rings. The normalized spacial score (nSPS) is 19.7. The first-order valence-corrected chi connectivity index (χ1v) is 6.58. The summed E-state index contributed by atoms with van der Waals surface area (Å²) in [4.78, 5) is 13.9. The third-order valence-electron chi connectivity index (χ3n) is 3.46. The first-order valence-electron chi connectivity index (χ1n) is 6.20. The van der Waals surface area contributed by atoms with Crippen molar-refractivity contribution in [1.82, 2.24) is 0 Å². The van der Waals surface area contributed by atoms with Crippen LogP contribution in [0.2, 0.25) is 5.02 Å². The summed E-state index contributed by atoms with van der Waals surface area (Å²) in [6.45, 7) is 3.76. The van der Waals surface area contributed by atoms with Gasteiger partial charge in [0.25, 0.3) is 0 Å². The quantitative estimate of drug-likeness (QED) is 0.772. The summed E-state index contributed by atoms with van der Waals surface area (Å²) < 4.78 is 4.84. The maximum Gasteiger partial charge on any atom is 0.310 e. The fourth-order valence-corrected chi connectivity index (χ4v) is 2.76. The first kappa shape index (κ1) is 13.2. The Kier molecular flexibility index (Phi) is 4.12. The van der Waals surface area contributed by atoms with E-state index in [9.17, 15) is 4.79 Å². The van der Waals surface area contributed by atoms with Gasteiger partial charge in [-0.25, -0.2) is 0 Å². The Morgan fingerprint density at radius 1 is 1.50 bits per heavy atom. The number of rotatable bonds is 2. The van der Waals surface area contributed by atoms with Crippen molar-refractivity contribution in [3.63, 3.8) is 0 Å². The maximum atomic E-state index is 11.6. The molecule has 1 aromatic carbocycles. The topological polar surface area (TPSA) is 29.5 Å². The Balaban J connectivity index is 2.15. The number of ether oxygens (including phenoxy) is 1. The van der Waals surface area contributed by atoms with E-state index in [-0.39, 0.29) is 11.9 Å². The van der Waals surface area contributed by atoms with Crippen LogP contribution in [0.25, 0.3) is 0 Å². The number of nitrogens with zero attached hydrogens (tertiary/aromatic N) is 1. The minimum absolute atomic E-state index is 0.0150. The number of esters is 1. The zero-order chi connectivity index (χ0) is 13.1. The number of methoxy groups -OCH3 is 1. The molecular weight excluding hydrogens is 250 g/mol. The average Bonchev–Trinajstić information content (AvgIpc) is 2.38. The predicted molar refractivity (Wildman–Crippen MR) is 73.1 cm³/mol. The van der Waals surface area contributed by atoms with Crippen LogP contribution in [0.3, 0.4) is 0 Å². The van der Waals surface area contributed by atoms with E-state index >= 15 is 0 Å². The van der Waals surface area contributed by atoms with Gasteiger partial charge in [0.15, 0.2) is 0 Å². The van der Waals surface area contributed by atoms with Crippen LogP contribution in [0.15, 0.2) is 18.2 Å². The smallest absolute Gasteiger partial charge is 0.310 e. The lowest BCUT2D eigenvalue weighted by Gasteiger charge is -2.34. The van der Waals surface area contributed by atoms with E-state index in [1.165, 1.54) is 7.11 Å². The minimum atomic E-state index is -0.105. The predicted octanol–water partition coefficient (Wildman–Crippen LogP) is 3.04. The summed E-state index contributed by atoms with van der Waals surface area (Å²) in [5, 5.41) is 0.748. The molecule has 98 valence electrons. The molecule has 0 aromatic heterocycles. The molecule has 0 saturated carbocycles. The van der Waals surface area contributed by atoms with Crippen LogP contribution < -0.4 is 4.90 Å². The van der Waals surface area contributed by atoms with Gasteiger partial charge in [0.1, 0.15) is 0 Å². The second-order valence-electron chi connectivity index (χ2n) is 4.74. The molecule has 0 N–H and O–H groups in total. The molecule has 1 saturated heterocycles. The minimum Gasteiger partial charge on any atom is -0.469 e. The third-order valence-corrected chi connectivity index (χ3v) is 3.69. The highest BCUT2D eigenvalue weighted by molar-refractivity contribution is 6.30. The van der Waals surface area contributed by atoms with E-state index in [1.54, 1.807) is 0 Å². The van der Waals surface area contributed by atoms with E-state index in [4.69, 9.17) is 16.3 Å². The molecule has 1 aliphatic heterocycles. The molecule has 1 aromatic rings. The zero-order valence-corrected chi connectivity index (χ0v) is 11.5. The third kappa shape index (κ3) is 2.78. The number of benzene rings is 1. The number of hydrogen-bond donors (Lipinski definition) is 0. The van der Waals surface area contributed by atoms with E-state index in [2.05, 4.69) is 4.90 Å². The molecule has 0 aliphatic carbocycles. The Morgan fingerprint density at radius 2 is 2.28 bits per heavy atom. The number of aryl methyl sites for hydroxylation is 1. The van der Waals surface area contributed by atoms with Gasteiger partial charge in [-0.3, -0.25) is 4.79 Å². The summed E-state index contributed by atoms with van der Waals surface area (Å²) in [6, 6.07) is 5.88. The van der Waals surface area contributed by atoms with E-state index in [0.717, 1.165) is 42.2 Å². The highest BCUT2D eigenvalue weighted by Gasteiger charge is 2.27. The number of carbonyl (C=O) groups is 1. The number of piperidine rings is 1. The highest BCUT2D eigenvalue weighted by atomic mass is 35.5. The van der Waals surface area contributed by atoms with Crippen LogP contribution in [0.5, 0.6) is 0 Å². The highest BCUT2D eigenvalue weighted by Crippen LogP contribution is 2.28. The molecule has 2 rings (SSSR count). The molecule has 18 heavy (non-hydrogen) atoms. The van der Waals surface area contributed by atoms with Gasteiger partial charge in [0, 0.05) is 23.8 Å². The van der Waals surface area contributed by atoms with Gasteiger partial charge in [-0.1, -0.05) is 11.6 Å². The number of carbonyl (C=O) groups excluding carboxylic acids is 1. The van der Waals surface area contributed by atoms with Gasteiger partial charge in [0.05, 0.1) is 13.0 Å². The Bertz CT molecular complexity index is 447. The Morgan fingerprint density at radius 3 is 2.94 bits per heavy atom. The van der Waals surface area contributed by atoms with Gasteiger partial charge in [-0.05, 0) is 43.5 Å². The number of hydrogen-bond acceptors (Lipinski definition) is 3. The molecule has 0 amide bonds. The van der Waals surface area contributed by atoms with Crippen molar-refractivity contribution >= 4 is 23.3 Å². The largest absolute Gasteiger partial charge is 0.469 e. The Hall–Kier alpha value is -1.22. The van der Waals surface area contributed by atoms with Crippen molar-refractivity contribution in [2.45, 2.75) is 19.8 Å². The Labute approximate surface area is 113 Å². The van der Waals surface area contributed by atoms with Crippen LogP contribution in [0.1, 0.15) is 18.4 Å². The average molecular weight is 268 g/mol. The summed E-state index contributed by atoms with van der Waals surface area (Å²) in [7, 11) is 1.45. The molecule has 0 radical (unpaired) electrons. The lowest BCUT2D eigenvalue weighted by Crippen LogP contribution is -2.39. The van der Waals surface area contributed by atoms with Crippen LogP contribution in [0, 0.1) is 12.8 Å². The van der Waals surface area contributed by atoms with Crippen molar-refractivity contribution < 1.29 is 9.53 Å². The van der Waals surface area contributed by atoms with Crippen LogP contribution in [0.4, 0.5) is 5.69 Å². The monoisotopic (exact) mass is 267 g/mol. The van der Waals surface area contributed by atoms with Crippen molar-refractivity contribution in [3.05, 3.63) is 28.8 Å². The molecule has 1 unspecified atom stereocenters. The van der Waals surface area contributed by atoms with Crippen LogP contribution >= 0.6 is 11.6 Å². The van der Waals surface area contributed by atoms with Crippen LogP contribution in [-0.4, -0.2) is 26.2 Å². The van der Waals surface area contributed by atoms with Crippen molar-refractivity contribution in [2.24, 2.45) is 5.92 Å². The van der Waals surface area contributed by atoms with Crippen molar-refractivity contribution in [3.8, 4) is 0 Å². The maximum absolute atomic E-state index is 11.6. The molecule has 1 heterocycles. The second-order valence-corrected chi connectivity index (χ2v) is 5.18. The summed E-state index contributed by atoms with van der Waals surface area (Å²) in [5.41, 5.74) is 2.31. The van der Waals surface area contributed by atoms with E-state index in [1.807, 2.05) is 25.1 Å². The van der Waals surface area contributed by atoms with Crippen molar-refractivity contribution in [2.75, 3.05) is 25.1 Å². The standard InChI is InChI=1S/C14H18ClNO2/c1-10-8-12(15)5-6-13(10)16-7-3-4-11(9-16)14(17)18-2/h5-6,8,11H,3-4,7,9H2,1-2H3. The van der Waals surface area contributed by atoms with Crippen molar-refractivity contribution in [1.29, 1.82) is 0 Å².